The molecule has 0 saturated heterocycles. The second-order valence-electron chi connectivity index (χ2n) is 7.26. The van der Waals surface area contributed by atoms with Gasteiger partial charge < -0.3 is 0 Å². The average molecular weight is 490 g/mol. The predicted octanol–water partition coefficient (Wildman–Crippen LogP) is 4.65. The Labute approximate surface area is 195 Å². The molecular weight excluding hydrogens is 471 g/mol. The van der Waals surface area contributed by atoms with Gasteiger partial charge in [0.05, 0.1) is 22.4 Å². The number of aromatic nitrogens is 2. The number of anilines is 1. The molecule has 3 aromatic rings. The molecule has 160 valence electrons. The van der Waals surface area contributed by atoms with Gasteiger partial charge in [-0.15, -0.1) is 32.9 Å². The SMILES string of the molecule is CC(=O)N(c1nnc(SCC(=O)N2N=C(c3cccs3)CC2c2cccs2)s1)C1CC1. The van der Waals surface area contributed by atoms with Crippen LogP contribution in [0, 0.1) is 0 Å². The minimum absolute atomic E-state index is 0.0161. The van der Waals surface area contributed by atoms with Crippen molar-refractivity contribution < 1.29 is 9.59 Å². The maximum atomic E-state index is 13.1. The van der Waals surface area contributed by atoms with Crippen LogP contribution in [0.4, 0.5) is 5.13 Å². The summed E-state index contributed by atoms with van der Waals surface area (Å²) < 4.78 is 0.685. The second-order valence-corrected chi connectivity index (χ2v) is 11.4. The quantitative estimate of drug-likeness (QED) is 0.357. The zero-order chi connectivity index (χ0) is 21.4. The standard InChI is InChI=1S/C20H19N5O2S4/c1-12(26)24(13-6-7-13)19-21-22-20(31-19)30-11-18(27)25-15(17-5-3-9-29-17)10-14(23-25)16-4-2-8-28-16/h2-5,8-9,13,15H,6-7,10-11H2,1H3. The molecule has 11 heteroatoms. The number of hydrogen-bond acceptors (Lipinski definition) is 9. The van der Waals surface area contributed by atoms with Crippen molar-refractivity contribution in [1.29, 1.82) is 0 Å². The summed E-state index contributed by atoms with van der Waals surface area (Å²) in [5.41, 5.74) is 0.950. The van der Waals surface area contributed by atoms with Gasteiger partial charge in [0.1, 0.15) is 0 Å². The lowest BCUT2D eigenvalue weighted by molar-refractivity contribution is -0.130. The largest absolute Gasteiger partial charge is 0.284 e. The van der Waals surface area contributed by atoms with Crippen molar-refractivity contribution >= 4 is 68.4 Å². The van der Waals surface area contributed by atoms with E-state index in [0.717, 1.165) is 34.7 Å². The molecule has 0 bridgehead atoms. The van der Waals surface area contributed by atoms with Gasteiger partial charge in [0, 0.05) is 24.3 Å². The van der Waals surface area contributed by atoms with Crippen LogP contribution in [0.1, 0.15) is 42.0 Å². The number of thiophene rings is 2. The highest BCUT2D eigenvalue weighted by Crippen LogP contribution is 2.38. The number of hydrogen-bond donors (Lipinski definition) is 0. The first kappa shape index (κ1) is 20.8. The molecule has 4 heterocycles. The first-order valence-corrected chi connectivity index (χ1v) is 13.4. The van der Waals surface area contributed by atoms with Crippen molar-refractivity contribution in [1.82, 2.24) is 15.2 Å². The maximum absolute atomic E-state index is 13.1. The van der Waals surface area contributed by atoms with E-state index >= 15 is 0 Å². The zero-order valence-corrected chi connectivity index (χ0v) is 19.9. The third kappa shape index (κ3) is 4.45. The minimum Gasteiger partial charge on any atom is -0.284 e. The van der Waals surface area contributed by atoms with E-state index < -0.39 is 0 Å². The molecule has 1 atom stereocenters. The molecule has 3 aromatic heterocycles. The predicted molar refractivity (Wildman–Crippen MR) is 126 cm³/mol. The normalized spacial score (nSPS) is 18.3. The Bertz CT molecular complexity index is 1100. The summed E-state index contributed by atoms with van der Waals surface area (Å²) in [5.74, 6) is 0.149. The van der Waals surface area contributed by atoms with Gasteiger partial charge in [-0.25, -0.2) is 5.01 Å². The van der Waals surface area contributed by atoms with Crippen molar-refractivity contribution in [3.63, 3.8) is 0 Å². The first-order valence-electron chi connectivity index (χ1n) is 9.83. The number of hydrazone groups is 1. The van der Waals surface area contributed by atoms with Crippen LogP contribution in [0.25, 0.3) is 0 Å². The van der Waals surface area contributed by atoms with Crippen molar-refractivity contribution in [3.05, 3.63) is 44.8 Å². The van der Waals surface area contributed by atoms with Gasteiger partial charge in [-0.2, -0.15) is 5.10 Å². The lowest BCUT2D eigenvalue weighted by Crippen LogP contribution is -2.30. The molecule has 7 nitrogen and oxygen atoms in total. The van der Waals surface area contributed by atoms with E-state index in [-0.39, 0.29) is 29.7 Å². The Hall–Kier alpha value is -2.08. The molecule has 31 heavy (non-hydrogen) atoms. The molecule has 1 fully saturated rings. The fourth-order valence-corrected chi connectivity index (χ4v) is 6.80. The number of nitrogens with zero attached hydrogens (tertiary/aromatic N) is 5. The van der Waals surface area contributed by atoms with Crippen LogP contribution in [-0.4, -0.2) is 44.5 Å². The summed E-state index contributed by atoms with van der Waals surface area (Å²) in [6.45, 7) is 1.55. The molecule has 2 amide bonds. The summed E-state index contributed by atoms with van der Waals surface area (Å²) in [6.07, 6.45) is 2.73. The summed E-state index contributed by atoms with van der Waals surface area (Å²) in [6, 6.07) is 8.28. The molecule has 1 unspecified atom stereocenters. The number of carbonyl (C=O) groups is 2. The van der Waals surface area contributed by atoms with Gasteiger partial charge in [0.25, 0.3) is 5.91 Å². The molecule has 0 N–H and O–H groups in total. The molecule has 1 aliphatic heterocycles. The minimum atomic E-state index is -0.0711. The van der Waals surface area contributed by atoms with Crippen LogP contribution in [0.3, 0.4) is 0 Å². The van der Waals surface area contributed by atoms with Gasteiger partial charge in [0.15, 0.2) is 4.34 Å². The lowest BCUT2D eigenvalue weighted by Gasteiger charge is -2.20. The number of thioether (sulfide) groups is 1. The van der Waals surface area contributed by atoms with E-state index in [4.69, 9.17) is 0 Å². The van der Waals surface area contributed by atoms with E-state index in [2.05, 4.69) is 21.4 Å². The second kappa shape index (κ2) is 8.81. The van der Waals surface area contributed by atoms with E-state index in [1.54, 1.807) is 39.5 Å². The molecular formula is C20H19N5O2S4. The highest BCUT2D eigenvalue weighted by atomic mass is 32.2. The molecule has 5 rings (SSSR count). The zero-order valence-electron chi connectivity index (χ0n) is 16.6. The molecule has 1 aliphatic carbocycles. The van der Waals surface area contributed by atoms with E-state index in [9.17, 15) is 9.59 Å². The maximum Gasteiger partial charge on any atom is 0.253 e. The van der Waals surface area contributed by atoms with Crippen molar-refractivity contribution in [2.45, 2.75) is 42.6 Å². The Kier molecular flexibility index (Phi) is 5.91. The van der Waals surface area contributed by atoms with Crippen molar-refractivity contribution in [2.24, 2.45) is 5.10 Å². The van der Waals surface area contributed by atoms with Gasteiger partial charge >= 0.3 is 0 Å². The summed E-state index contributed by atoms with van der Waals surface area (Å²) in [5, 5.41) is 19.3. The van der Waals surface area contributed by atoms with Gasteiger partial charge in [-0.3, -0.25) is 14.5 Å². The van der Waals surface area contributed by atoms with Gasteiger partial charge in [-0.1, -0.05) is 35.2 Å². The molecule has 0 spiro atoms. The highest BCUT2D eigenvalue weighted by molar-refractivity contribution is 8.01. The van der Waals surface area contributed by atoms with Crippen LogP contribution < -0.4 is 4.90 Å². The fourth-order valence-electron chi connectivity index (χ4n) is 3.46. The Balaban J connectivity index is 1.29. The smallest absolute Gasteiger partial charge is 0.253 e. The monoisotopic (exact) mass is 489 g/mol. The van der Waals surface area contributed by atoms with Gasteiger partial charge in [-0.05, 0) is 35.7 Å². The summed E-state index contributed by atoms with van der Waals surface area (Å²) in [4.78, 5) is 29.0. The number of amides is 2. The summed E-state index contributed by atoms with van der Waals surface area (Å²) in [7, 11) is 0. The van der Waals surface area contributed by atoms with E-state index in [1.165, 1.54) is 23.1 Å². The average Bonchev–Trinajstić information content (AvgIpc) is 3.27. The van der Waals surface area contributed by atoms with Crippen LogP contribution >= 0.6 is 45.8 Å². The van der Waals surface area contributed by atoms with Crippen LogP contribution in [0.15, 0.2) is 44.5 Å². The van der Waals surface area contributed by atoms with E-state index in [0.29, 0.717) is 9.47 Å². The molecule has 1 saturated carbocycles. The third-order valence-electron chi connectivity index (χ3n) is 5.02. The summed E-state index contributed by atoms with van der Waals surface area (Å²) >= 11 is 5.99. The number of rotatable bonds is 7. The highest BCUT2D eigenvalue weighted by Gasteiger charge is 2.35. The van der Waals surface area contributed by atoms with Crippen LogP contribution in [-0.2, 0) is 9.59 Å². The Morgan fingerprint density at radius 3 is 2.68 bits per heavy atom. The van der Waals surface area contributed by atoms with Gasteiger partial charge in [0.2, 0.25) is 11.0 Å². The Morgan fingerprint density at radius 1 is 1.19 bits per heavy atom. The van der Waals surface area contributed by atoms with Crippen LogP contribution in [0.2, 0.25) is 0 Å². The first-order chi connectivity index (χ1) is 15.1. The van der Waals surface area contributed by atoms with Crippen molar-refractivity contribution in [2.75, 3.05) is 10.7 Å². The third-order valence-corrected chi connectivity index (χ3v) is 8.95. The fraction of sp³-hybridized carbons (Fsp3) is 0.350. The lowest BCUT2D eigenvalue weighted by atomic mass is 10.1. The Morgan fingerprint density at radius 2 is 2.00 bits per heavy atom. The topological polar surface area (TPSA) is 78.8 Å². The molecule has 2 aliphatic rings. The molecule has 0 radical (unpaired) electrons. The number of carbonyl (C=O) groups excluding carboxylic acids is 2. The molecule has 0 aromatic carbocycles. The van der Waals surface area contributed by atoms with Crippen molar-refractivity contribution in [3.8, 4) is 0 Å². The van der Waals surface area contributed by atoms with E-state index in [1.807, 2.05) is 29.0 Å². The van der Waals surface area contributed by atoms with Crippen LogP contribution in [0.5, 0.6) is 0 Å².